The van der Waals surface area contributed by atoms with Crippen molar-refractivity contribution in [3.8, 4) is 0 Å². The van der Waals surface area contributed by atoms with Gasteiger partial charge in [0.25, 0.3) is 0 Å². The minimum absolute atomic E-state index is 0.0537. The Hall–Kier alpha value is -1.32. The summed E-state index contributed by atoms with van der Waals surface area (Å²) in [6.07, 6.45) is 9.48. The predicted molar refractivity (Wildman–Crippen MR) is 79.3 cm³/mol. The molecule has 116 valence electrons. The van der Waals surface area contributed by atoms with Gasteiger partial charge in [-0.1, -0.05) is 38.3 Å². The van der Waals surface area contributed by atoms with E-state index in [2.05, 4.69) is 6.92 Å². The molecule has 0 amide bonds. The second kappa shape index (κ2) is 12.7. The third-order valence-electron chi connectivity index (χ3n) is 2.87. The Bertz CT molecular complexity index is 297. The Morgan fingerprint density at radius 3 is 2.30 bits per heavy atom. The Balaban J connectivity index is 4.26. The summed E-state index contributed by atoms with van der Waals surface area (Å²) in [4.78, 5) is 23.2. The molecule has 0 fully saturated rings. The molecule has 0 saturated carbocycles. The molecule has 4 heteroatoms. The summed E-state index contributed by atoms with van der Waals surface area (Å²) in [6.45, 7) is 6.33. The molecule has 20 heavy (non-hydrogen) atoms. The molecule has 4 nitrogen and oxygen atoms in total. The van der Waals surface area contributed by atoms with Crippen molar-refractivity contribution in [3.63, 3.8) is 0 Å². The van der Waals surface area contributed by atoms with Crippen LogP contribution in [-0.2, 0) is 19.1 Å². The predicted octanol–water partition coefficient (Wildman–Crippen LogP) is 3.65. The van der Waals surface area contributed by atoms with E-state index in [4.69, 9.17) is 9.47 Å². The van der Waals surface area contributed by atoms with Crippen molar-refractivity contribution in [2.45, 2.75) is 59.3 Å². The molecule has 0 bridgehead atoms. The molecule has 0 N–H and O–H groups in total. The molecule has 0 aliphatic rings. The van der Waals surface area contributed by atoms with Crippen molar-refractivity contribution >= 4 is 11.9 Å². The van der Waals surface area contributed by atoms with Gasteiger partial charge in [0.1, 0.15) is 0 Å². The van der Waals surface area contributed by atoms with Crippen LogP contribution in [0.4, 0.5) is 0 Å². The molecule has 0 heterocycles. The van der Waals surface area contributed by atoms with Crippen molar-refractivity contribution in [2.24, 2.45) is 5.92 Å². The molecular formula is C16H28O4. The fourth-order valence-corrected chi connectivity index (χ4v) is 1.83. The van der Waals surface area contributed by atoms with Gasteiger partial charge in [-0.2, -0.15) is 0 Å². The fraction of sp³-hybridized carbons (Fsp3) is 0.750. The van der Waals surface area contributed by atoms with Gasteiger partial charge in [-0.15, -0.1) is 0 Å². The van der Waals surface area contributed by atoms with Gasteiger partial charge in [0.15, 0.2) is 0 Å². The van der Waals surface area contributed by atoms with E-state index in [0.29, 0.717) is 13.2 Å². The Kier molecular flexibility index (Phi) is 11.9. The van der Waals surface area contributed by atoms with Crippen molar-refractivity contribution < 1.29 is 19.1 Å². The molecular weight excluding hydrogens is 256 g/mol. The van der Waals surface area contributed by atoms with Crippen LogP contribution in [0.2, 0.25) is 0 Å². The summed E-state index contributed by atoms with van der Waals surface area (Å²) in [6, 6.07) is 0. The van der Waals surface area contributed by atoms with Gasteiger partial charge in [0.2, 0.25) is 0 Å². The zero-order valence-electron chi connectivity index (χ0n) is 13.0. The van der Waals surface area contributed by atoms with Gasteiger partial charge >= 0.3 is 11.9 Å². The number of hydrogen-bond donors (Lipinski definition) is 0. The summed E-state index contributed by atoms with van der Waals surface area (Å²) in [5.41, 5.74) is 0. The third kappa shape index (κ3) is 9.59. The standard InChI is InChI=1S/C16H28O4/c1-4-7-8-9-10-11-12-14(16(18)20-6-3)13-15(17)19-5-2/h11-12,14H,4-10,13H2,1-3H3/b12-11+. The lowest BCUT2D eigenvalue weighted by Crippen LogP contribution is -2.20. The summed E-state index contributed by atoms with van der Waals surface area (Å²) in [7, 11) is 0. The first kappa shape index (κ1) is 18.7. The third-order valence-corrected chi connectivity index (χ3v) is 2.87. The summed E-state index contributed by atoms with van der Waals surface area (Å²) < 4.78 is 9.86. The lowest BCUT2D eigenvalue weighted by molar-refractivity contribution is -0.153. The van der Waals surface area contributed by atoms with Crippen LogP contribution in [0.15, 0.2) is 12.2 Å². The molecule has 0 aromatic rings. The van der Waals surface area contributed by atoms with Crippen LogP contribution < -0.4 is 0 Å². The Morgan fingerprint density at radius 1 is 1.00 bits per heavy atom. The maximum absolute atomic E-state index is 11.8. The van der Waals surface area contributed by atoms with Gasteiger partial charge < -0.3 is 9.47 Å². The lowest BCUT2D eigenvalue weighted by Gasteiger charge is -2.11. The maximum atomic E-state index is 11.8. The highest BCUT2D eigenvalue weighted by atomic mass is 16.5. The van der Waals surface area contributed by atoms with Crippen LogP contribution in [0.3, 0.4) is 0 Å². The maximum Gasteiger partial charge on any atom is 0.313 e. The highest BCUT2D eigenvalue weighted by Gasteiger charge is 2.20. The van der Waals surface area contributed by atoms with E-state index in [1.54, 1.807) is 19.9 Å². The van der Waals surface area contributed by atoms with Crippen molar-refractivity contribution in [2.75, 3.05) is 13.2 Å². The van der Waals surface area contributed by atoms with Gasteiger partial charge in [-0.3, -0.25) is 9.59 Å². The number of allylic oxidation sites excluding steroid dienone is 1. The van der Waals surface area contributed by atoms with Crippen LogP contribution in [0.25, 0.3) is 0 Å². The minimum atomic E-state index is -0.528. The van der Waals surface area contributed by atoms with Crippen LogP contribution in [0.1, 0.15) is 59.3 Å². The molecule has 0 aliphatic heterocycles. The number of rotatable bonds is 11. The molecule has 0 spiro atoms. The monoisotopic (exact) mass is 284 g/mol. The molecule has 0 radical (unpaired) electrons. The van der Waals surface area contributed by atoms with E-state index in [-0.39, 0.29) is 18.4 Å². The molecule has 0 aliphatic carbocycles. The summed E-state index contributed by atoms with van der Waals surface area (Å²) >= 11 is 0. The van der Waals surface area contributed by atoms with E-state index in [0.717, 1.165) is 12.8 Å². The van der Waals surface area contributed by atoms with Crippen LogP contribution >= 0.6 is 0 Å². The quantitative estimate of drug-likeness (QED) is 0.330. The van der Waals surface area contributed by atoms with E-state index >= 15 is 0 Å². The number of unbranched alkanes of at least 4 members (excludes halogenated alkanes) is 4. The molecule has 0 saturated heterocycles. The summed E-state index contributed by atoms with van der Waals surface area (Å²) in [5.74, 6) is -1.24. The number of esters is 2. The zero-order chi connectivity index (χ0) is 15.2. The molecule has 0 aromatic carbocycles. The molecule has 1 atom stereocenters. The van der Waals surface area contributed by atoms with E-state index in [9.17, 15) is 9.59 Å². The molecule has 1 unspecified atom stereocenters. The second-order valence-corrected chi connectivity index (χ2v) is 4.65. The topological polar surface area (TPSA) is 52.6 Å². The first-order valence-corrected chi connectivity index (χ1v) is 7.64. The van der Waals surface area contributed by atoms with Crippen LogP contribution in [0.5, 0.6) is 0 Å². The summed E-state index contributed by atoms with van der Waals surface area (Å²) in [5, 5.41) is 0. The smallest absolute Gasteiger partial charge is 0.313 e. The van der Waals surface area contributed by atoms with Crippen LogP contribution in [0, 0.1) is 5.92 Å². The zero-order valence-corrected chi connectivity index (χ0v) is 13.0. The van der Waals surface area contributed by atoms with Gasteiger partial charge in [-0.25, -0.2) is 0 Å². The van der Waals surface area contributed by atoms with Crippen molar-refractivity contribution in [1.29, 1.82) is 0 Å². The van der Waals surface area contributed by atoms with E-state index in [1.807, 2.05) is 6.08 Å². The largest absolute Gasteiger partial charge is 0.466 e. The lowest BCUT2D eigenvalue weighted by atomic mass is 10.0. The highest BCUT2D eigenvalue weighted by molar-refractivity contribution is 5.81. The number of ether oxygens (including phenoxy) is 2. The van der Waals surface area contributed by atoms with Crippen LogP contribution in [-0.4, -0.2) is 25.2 Å². The van der Waals surface area contributed by atoms with Gasteiger partial charge in [0.05, 0.1) is 25.6 Å². The Labute approximate surface area is 122 Å². The van der Waals surface area contributed by atoms with Crippen molar-refractivity contribution in [3.05, 3.63) is 12.2 Å². The number of hydrogen-bond acceptors (Lipinski definition) is 4. The second-order valence-electron chi connectivity index (χ2n) is 4.65. The van der Waals surface area contributed by atoms with Gasteiger partial charge in [0, 0.05) is 0 Å². The first-order valence-electron chi connectivity index (χ1n) is 7.64. The van der Waals surface area contributed by atoms with Gasteiger partial charge in [-0.05, 0) is 26.7 Å². The van der Waals surface area contributed by atoms with E-state index < -0.39 is 5.92 Å². The average Bonchev–Trinajstić information content (AvgIpc) is 2.41. The molecule has 0 aromatic heterocycles. The van der Waals surface area contributed by atoms with Crippen molar-refractivity contribution in [1.82, 2.24) is 0 Å². The SMILES string of the molecule is CCCCCC/C=C/C(CC(=O)OCC)C(=O)OCC. The van der Waals surface area contributed by atoms with E-state index in [1.165, 1.54) is 19.3 Å². The number of carbonyl (C=O) groups excluding carboxylic acids is 2. The fourth-order valence-electron chi connectivity index (χ4n) is 1.83. The first-order chi connectivity index (χ1) is 9.65. The average molecular weight is 284 g/mol. The normalized spacial score (nSPS) is 12.3. The molecule has 0 rings (SSSR count). The Morgan fingerprint density at radius 2 is 1.70 bits per heavy atom. The highest BCUT2D eigenvalue weighted by Crippen LogP contribution is 2.11. The minimum Gasteiger partial charge on any atom is -0.466 e. The number of carbonyl (C=O) groups is 2.